The molecule has 0 saturated carbocycles. The number of thiophene rings is 1. The maximum atomic E-state index is 13.2. The molecule has 1 aromatic heterocycles. The Hall–Kier alpha value is -3.38. The number of Topliss-reactive ketones (excluding diaryl/α,β-unsaturated/α-hetero) is 1. The van der Waals surface area contributed by atoms with Gasteiger partial charge in [-0.1, -0.05) is 18.2 Å². The number of carbonyl (C=O) groups excluding carboxylic acids is 2. The second kappa shape index (κ2) is 7.39. The average molecular weight is 432 g/mol. The lowest BCUT2D eigenvalue weighted by Crippen LogP contribution is -2.29. The zero-order valence-corrected chi connectivity index (χ0v) is 18.0. The van der Waals surface area contributed by atoms with Gasteiger partial charge in [-0.3, -0.25) is 14.5 Å². The Kier molecular flexibility index (Phi) is 4.67. The first-order valence-corrected chi connectivity index (χ1v) is 11.0. The fraction of sp³-hybridized carbons (Fsp3) is 0.200. The molecular formula is C25H21NO4S. The molecule has 2 aliphatic heterocycles. The first-order chi connectivity index (χ1) is 14.9. The molecular weight excluding hydrogens is 410 g/mol. The van der Waals surface area contributed by atoms with Gasteiger partial charge in [0.25, 0.3) is 11.7 Å². The van der Waals surface area contributed by atoms with Gasteiger partial charge in [0, 0.05) is 22.5 Å². The maximum absolute atomic E-state index is 13.2. The van der Waals surface area contributed by atoms with E-state index < -0.39 is 17.7 Å². The summed E-state index contributed by atoms with van der Waals surface area (Å²) in [4.78, 5) is 28.6. The number of aliphatic hydroxyl groups is 1. The number of nitrogens with zero attached hydrogens (tertiary/aromatic N) is 1. The Bertz CT molecular complexity index is 1230. The van der Waals surface area contributed by atoms with Crippen LogP contribution in [0.4, 0.5) is 5.69 Å². The van der Waals surface area contributed by atoms with Crippen molar-refractivity contribution in [3.05, 3.63) is 87.1 Å². The Morgan fingerprint density at radius 1 is 1.13 bits per heavy atom. The highest BCUT2D eigenvalue weighted by molar-refractivity contribution is 7.10. The minimum absolute atomic E-state index is 0.0745. The molecule has 5 nitrogen and oxygen atoms in total. The Morgan fingerprint density at radius 2 is 1.97 bits per heavy atom. The number of hydrogen-bond acceptors (Lipinski definition) is 5. The van der Waals surface area contributed by atoms with Crippen LogP contribution < -0.4 is 9.64 Å². The summed E-state index contributed by atoms with van der Waals surface area (Å²) in [6.07, 6.45) is 0.813. The summed E-state index contributed by atoms with van der Waals surface area (Å²) in [5, 5.41) is 13.1. The predicted molar refractivity (Wildman–Crippen MR) is 121 cm³/mol. The molecule has 2 aliphatic rings. The second-order valence-corrected chi connectivity index (χ2v) is 8.96. The van der Waals surface area contributed by atoms with Crippen molar-refractivity contribution in [1.29, 1.82) is 0 Å². The summed E-state index contributed by atoms with van der Waals surface area (Å²) in [7, 11) is 0. The third-order valence-corrected chi connectivity index (χ3v) is 6.63. The van der Waals surface area contributed by atoms with E-state index in [9.17, 15) is 14.7 Å². The fourth-order valence-corrected chi connectivity index (χ4v) is 5.14. The smallest absolute Gasteiger partial charge is 0.300 e. The normalized spacial score (nSPS) is 21.9. The summed E-state index contributed by atoms with van der Waals surface area (Å²) in [5.74, 6) is -0.681. The van der Waals surface area contributed by atoms with Crippen LogP contribution in [-0.2, 0) is 16.0 Å². The quantitative estimate of drug-likeness (QED) is 0.360. The number of benzene rings is 2. The highest BCUT2D eigenvalue weighted by atomic mass is 32.1. The van der Waals surface area contributed by atoms with Gasteiger partial charge in [0.1, 0.15) is 23.7 Å². The van der Waals surface area contributed by atoms with Crippen molar-refractivity contribution in [2.24, 2.45) is 0 Å². The van der Waals surface area contributed by atoms with Gasteiger partial charge in [-0.05, 0) is 66.8 Å². The van der Waals surface area contributed by atoms with Crippen molar-refractivity contribution >= 4 is 34.5 Å². The summed E-state index contributed by atoms with van der Waals surface area (Å²) in [6.45, 7) is 3.93. The third-order valence-electron chi connectivity index (χ3n) is 5.71. The van der Waals surface area contributed by atoms with Gasteiger partial charge in [-0.25, -0.2) is 0 Å². The van der Waals surface area contributed by atoms with E-state index in [1.165, 1.54) is 16.2 Å². The molecule has 0 radical (unpaired) electrons. The lowest BCUT2D eigenvalue weighted by molar-refractivity contribution is -0.132. The molecule has 2 aromatic carbocycles. The van der Waals surface area contributed by atoms with Crippen LogP contribution >= 0.6 is 11.3 Å². The van der Waals surface area contributed by atoms with Crippen molar-refractivity contribution in [3.63, 3.8) is 0 Å². The number of ether oxygens (including phenoxy) is 1. The van der Waals surface area contributed by atoms with E-state index in [0.29, 0.717) is 11.3 Å². The van der Waals surface area contributed by atoms with Crippen LogP contribution in [-0.4, -0.2) is 22.9 Å². The van der Waals surface area contributed by atoms with Crippen molar-refractivity contribution < 1.29 is 19.4 Å². The van der Waals surface area contributed by atoms with Crippen LogP contribution in [0.15, 0.2) is 65.6 Å². The SMILES string of the molecule is Cc1cccc(N2C(=O)C(=O)/C(=C(\O)c3ccc4c(c3)CC(C)O4)C2c2cccs2)c1. The number of fused-ring (bicyclic) bond motifs is 1. The van der Waals surface area contributed by atoms with E-state index in [2.05, 4.69) is 0 Å². The van der Waals surface area contributed by atoms with E-state index >= 15 is 0 Å². The lowest BCUT2D eigenvalue weighted by Gasteiger charge is -2.24. The zero-order chi connectivity index (χ0) is 21.7. The van der Waals surface area contributed by atoms with Crippen molar-refractivity contribution in [2.45, 2.75) is 32.4 Å². The number of anilines is 1. The molecule has 3 aromatic rings. The second-order valence-electron chi connectivity index (χ2n) is 7.98. The zero-order valence-electron chi connectivity index (χ0n) is 17.2. The number of amides is 1. The minimum atomic E-state index is -0.678. The summed E-state index contributed by atoms with van der Waals surface area (Å²) < 4.78 is 5.75. The predicted octanol–water partition coefficient (Wildman–Crippen LogP) is 5.01. The molecule has 1 fully saturated rings. The molecule has 156 valence electrons. The number of aliphatic hydroxyl groups excluding tert-OH is 1. The molecule has 1 saturated heterocycles. The van der Waals surface area contributed by atoms with Crippen LogP contribution in [0.25, 0.3) is 5.76 Å². The molecule has 0 bridgehead atoms. The van der Waals surface area contributed by atoms with Crippen molar-refractivity contribution in [2.75, 3.05) is 4.90 Å². The van der Waals surface area contributed by atoms with E-state index in [0.717, 1.165) is 28.2 Å². The average Bonchev–Trinajstić information content (AvgIpc) is 3.45. The monoisotopic (exact) mass is 431 g/mol. The molecule has 3 heterocycles. The van der Waals surface area contributed by atoms with Crippen molar-refractivity contribution in [1.82, 2.24) is 0 Å². The van der Waals surface area contributed by atoms with Gasteiger partial charge in [0.2, 0.25) is 0 Å². The molecule has 0 aliphatic carbocycles. The fourth-order valence-electron chi connectivity index (χ4n) is 4.32. The van der Waals surface area contributed by atoms with Gasteiger partial charge in [0.15, 0.2) is 0 Å². The number of hydrogen-bond donors (Lipinski definition) is 1. The van der Waals surface area contributed by atoms with E-state index in [4.69, 9.17) is 4.74 Å². The molecule has 6 heteroatoms. The number of carbonyl (C=O) groups is 2. The van der Waals surface area contributed by atoms with Crippen molar-refractivity contribution in [3.8, 4) is 5.75 Å². The van der Waals surface area contributed by atoms with Crippen LogP contribution in [0.1, 0.15) is 34.5 Å². The standard InChI is InChI=1S/C25H21NO4S/c1-14-5-3-6-18(11-14)26-22(20-7-4-10-31-20)21(24(28)25(26)29)23(27)16-8-9-19-17(13-16)12-15(2)30-19/h3-11,13,15,22,27H,12H2,1-2H3/b23-21-. The van der Waals surface area contributed by atoms with Gasteiger partial charge in [0.05, 0.1) is 5.57 Å². The number of rotatable bonds is 3. The van der Waals surface area contributed by atoms with Crippen LogP contribution in [0.2, 0.25) is 0 Å². The van der Waals surface area contributed by atoms with E-state index in [-0.39, 0.29) is 17.4 Å². The van der Waals surface area contributed by atoms with Gasteiger partial charge in [-0.2, -0.15) is 0 Å². The Morgan fingerprint density at radius 3 is 2.71 bits per heavy atom. The topological polar surface area (TPSA) is 66.8 Å². The van der Waals surface area contributed by atoms with E-state index in [1.807, 2.05) is 67.8 Å². The molecule has 1 amide bonds. The molecule has 2 atom stereocenters. The van der Waals surface area contributed by atoms with Gasteiger partial charge < -0.3 is 9.84 Å². The van der Waals surface area contributed by atoms with Crippen LogP contribution in [0.5, 0.6) is 5.75 Å². The number of ketones is 1. The number of aryl methyl sites for hydroxylation is 1. The minimum Gasteiger partial charge on any atom is -0.507 e. The van der Waals surface area contributed by atoms with Crippen LogP contribution in [0, 0.1) is 6.92 Å². The lowest BCUT2D eigenvalue weighted by atomic mass is 9.98. The highest BCUT2D eigenvalue weighted by Gasteiger charge is 2.47. The molecule has 5 rings (SSSR count). The van der Waals surface area contributed by atoms with Gasteiger partial charge >= 0.3 is 0 Å². The van der Waals surface area contributed by atoms with Crippen LogP contribution in [0.3, 0.4) is 0 Å². The first kappa shape index (κ1) is 19.6. The maximum Gasteiger partial charge on any atom is 0.300 e. The first-order valence-electron chi connectivity index (χ1n) is 10.1. The summed E-state index contributed by atoms with van der Waals surface area (Å²) in [5.41, 5.74) is 3.23. The largest absolute Gasteiger partial charge is 0.507 e. The van der Waals surface area contributed by atoms with E-state index in [1.54, 1.807) is 6.07 Å². The summed E-state index contributed by atoms with van der Waals surface area (Å²) in [6, 6.07) is 16.0. The Labute approximate surface area is 184 Å². The molecule has 0 spiro atoms. The Balaban J connectivity index is 1.67. The van der Waals surface area contributed by atoms with Gasteiger partial charge in [-0.15, -0.1) is 11.3 Å². The molecule has 31 heavy (non-hydrogen) atoms. The molecule has 1 N–H and O–H groups in total. The summed E-state index contributed by atoms with van der Waals surface area (Å²) >= 11 is 1.45. The third kappa shape index (κ3) is 3.24. The highest BCUT2D eigenvalue weighted by Crippen LogP contribution is 2.44. The molecule has 2 unspecified atom stereocenters.